The summed E-state index contributed by atoms with van der Waals surface area (Å²) in [5, 5.41) is 7.00. The second-order valence-electron chi connectivity index (χ2n) is 15.7. The number of aromatic nitrogens is 1. The van der Waals surface area contributed by atoms with Crippen LogP contribution in [0.1, 0.15) is 0 Å². The standard InChI is InChI=1S/C58H38N2O/c1-4-17-39(18-5-1)41-33-35-44(36-34-41)59(45-24-14-21-42(37-45)40-19-6-2-7-20-40)54-32-16-30-51-56-48-27-11-10-25-46(48)52(38-55(56)61-58(51)54)50-29-15-28-49-47-26-12-13-31-53(47)60(57(49)50)43-22-8-3-9-23-43/h1-38H. The number of rotatable bonds is 7. The van der Waals surface area contributed by atoms with Gasteiger partial charge in [0.25, 0.3) is 0 Å². The predicted molar refractivity (Wildman–Crippen MR) is 257 cm³/mol. The number of anilines is 3. The van der Waals surface area contributed by atoms with Crippen LogP contribution in [0.5, 0.6) is 0 Å². The lowest BCUT2D eigenvalue weighted by Crippen LogP contribution is -2.10. The Morgan fingerprint density at radius 1 is 0.361 bits per heavy atom. The lowest BCUT2D eigenvalue weighted by molar-refractivity contribution is 0.669. The quantitative estimate of drug-likeness (QED) is 0.161. The first kappa shape index (κ1) is 34.9. The monoisotopic (exact) mass is 778 g/mol. The molecule has 0 unspecified atom stereocenters. The van der Waals surface area contributed by atoms with Crippen molar-refractivity contribution in [2.45, 2.75) is 0 Å². The third-order valence-electron chi connectivity index (χ3n) is 12.2. The van der Waals surface area contributed by atoms with Crippen molar-refractivity contribution in [3.8, 4) is 39.1 Å². The Bertz CT molecular complexity index is 3570. The molecule has 0 atom stereocenters. The molecule has 0 amide bonds. The molecule has 0 aliphatic rings. The fourth-order valence-electron chi connectivity index (χ4n) is 9.44. The number of benzene rings is 10. The smallest absolute Gasteiger partial charge is 0.159 e. The summed E-state index contributed by atoms with van der Waals surface area (Å²) in [4.78, 5) is 2.34. The Balaban J connectivity index is 1.10. The number of furan rings is 1. The van der Waals surface area contributed by atoms with Crippen molar-refractivity contribution in [2.24, 2.45) is 0 Å². The second-order valence-corrected chi connectivity index (χ2v) is 15.7. The molecule has 0 fully saturated rings. The molecule has 12 rings (SSSR count). The van der Waals surface area contributed by atoms with Crippen molar-refractivity contribution in [1.82, 2.24) is 4.57 Å². The summed E-state index contributed by atoms with van der Waals surface area (Å²) >= 11 is 0. The minimum absolute atomic E-state index is 0.841. The maximum absolute atomic E-state index is 7.22. The fourth-order valence-corrected chi connectivity index (χ4v) is 9.44. The first-order chi connectivity index (χ1) is 30.3. The molecule has 0 aliphatic carbocycles. The van der Waals surface area contributed by atoms with Gasteiger partial charge < -0.3 is 13.9 Å². The molecule has 2 aromatic heterocycles. The third kappa shape index (κ3) is 5.74. The SMILES string of the molecule is c1ccc(-c2ccc(N(c3cccc(-c4ccccc4)c3)c3cccc4c3oc3cc(-c5cccc6c7ccccc7n(-c7ccccc7)c56)c5ccccc5c34)cc2)cc1. The zero-order valence-electron chi connectivity index (χ0n) is 33.2. The Morgan fingerprint density at radius 2 is 0.934 bits per heavy atom. The first-order valence-electron chi connectivity index (χ1n) is 20.8. The van der Waals surface area contributed by atoms with E-state index in [-0.39, 0.29) is 0 Å². The van der Waals surface area contributed by atoms with Crippen LogP contribution in [-0.2, 0) is 0 Å². The number of hydrogen-bond donors (Lipinski definition) is 0. The molecular weight excluding hydrogens is 741 g/mol. The Kier molecular flexibility index (Phi) is 8.17. The van der Waals surface area contributed by atoms with Crippen molar-refractivity contribution in [3.05, 3.63) is 231 Å². The van der Waals surface area contributed by atoms with E-state index in [2.05, 4.69) is 240 Å². The van der Waals surface area contributed by atoms with Gasteiger partial charge in [-0.25, -0.2) is 0 Å². The molecule has 0 bridgehead atoms. The van der Waals surface area contributed by atoms with Crippen molar-refractivity contribution < 1.29 is 4.42 Å². The van der Waals surface area contributed by atoms with E-state index in [4.69, 9.17) is 4.42 Å². The molecule has 0 N–H and O–H groups in total. The number of para-hydroxylation sites is 4. The molecule has 3 heteroatoms. The highest BCUT2D eigenvalue weighted by atomic mass is 16.3. The lowest BCUT2D eigenvalue weighted by atomic mass is 9.93. The molecular formula is C58H38N2O. The van der Waals surface area contributed by atoms with Gasteiger partial charge in [-0.15, -0.1) is 0 Å². The van der Waals surface area contributed by atoms with Crippen LogP contribution in [-0.4, -0.2) is 4.57 Å². The minimum Gasteiger partial charge on any atom is -0.454 e. The summed E-state index contributed by atoms with van der Waals surface area (Å²) in [6, 6.07) is 82.6. The summed E-state index contributed by atoms with van der Waals surface area (Å²) in [7, 11) is 0. The number of hydrogen-bond acceptors (Lipinski definition) is 2. The zero-order chi connectivity index (χ0) is 40.3. The Hall–Kier alpha value is -8.14. The molecule has 0 aliphatic heterocycles. The van der Waals surface area contributed by atoms with Gasteiger partial charge in [0.05, 0.1) is 16.7 Å². The van der Waals surface area contributed by atoms with Gasteiger partial charge in [0.1, 0.15) is 5.58 Å². The number of nitrogens with zero attached hydrogens (tertiary/aromatic N) is 2. The van der Waals surface area contributed by atoms with E-state index < -0.39 is 0 Å². The van der Waals surface area contributed by atoms with Crippen molar-refractivity contribution in [2.75, 3.05) is 4.90 Å². The first-order valence-corrected chi connectivity index (χ1v) is 20.8. The van der Waals surface area contributed by atoms with Gasteiger partial charge in [-0.05, 0) is 93.2 Å². The van der Waals surface area contributed by atoms with Crippen LogP contribution < -0.4 is 4.90 Å². The Morgan fingerprint density at radius 3 is 1.70 bits per heavy atom. The second kappa shape index (κ2) is 14.3. The van der Waals surface area contributed by atoms with E-state index in [1.54, 1.807) is 0 Å². The third-order valence-corrected chi connectivity index (χ3v) is 12.2. The van der Waals surface area contributed by atoms with Gasteiger partial charge in [0.15, 0.2) is 5.58 Å². The van der Waals surface area contributed by atoms with Crippen LogP contribution >= 0.6 is 0 Å². The molecule has 0 spiro atoms. The average molecular weight is 779 g/mol. The van der Waals surface area contributed by atoms with E-state index >= 15 is 0 Å². The lowest BCUT2D eigenvalue weighted by Gasteiger charge is -2.26. The maximum Gasteiger partial charge on any atom is 0.159 e. The largest absolute Gasteiger partial charge is 0.454 e. The average Bonchev–Trinajstić information content (AvgIpc) is 3.89. The normalized spacial score (nSPS) is 11.6. The highest BCUT2D eigenvalue weighted by molar-refractivity contribution is 6.25. The molecule has 286 valence electrons. The molecule has 12 aromatic rings. The molecule has 0 saturated carbocycles. The Labute approximate surface area is 353 Å². The maximum atomic E-state index is 7.22. The summed E-state index contributed by atoms with van der Waals surface area (Å²) in [5.41, 5.74) is 15.2. The minimum atomic E-state index is 0.841. The fraction of sp³-hybridized carbons (Fsp3) is 0. The molecule has 0 saturated heterocycles. The van der Waals surface area contributed by atoms with Gasteiger partial charge >= 0.3 is 0 Å². The van der Waals surface area contributed by atoms with Crippen molar-refractivity contribution in [1.29, 1.82) is 0 Å². The summed E-state index contributed by atoms with van der Waals surface area (Å²) in [5.74, 6) is 0. The summed E-state index contributed by atoms with van der Waals surface area (Å²) in [6.45, 7) is 0. The van der Waals surface area contributed by atoms with Gasteiger partial charge in [-0.1, -0.05) is 176 Å². The van der Waals surface area contributed by atoms with Gasteiger partial charge in [0, 0.05) is 44.2 Å². The van der Waals surface area contributed by atoms with E-state index in [0.717, 1.165) is 66.8 Å². The molecule has 3 nitrogen and oxygen atoms in total. The van der Waals surface area contributed by atoms with Crippen LogP contribution in [0, 0.1) is 0 Å². The van der Waals surface area contributed by atoms with E-state index in [0.29, 0.717) is 0 Å². The van der Waals surface area contributed by atoms with Gasteiger partial charge in [-0.2, -0.15) is 0 Å². The van der Waals surface area contributed by atoms with Crippen LogP contribution in [0.15, 0.2) is 235 Å². The van der Waals surface area contributed by atoms with Crippen LogP contribution in [0.25, 0.3) is 93.6 Å². The highest BCUT2D eigenvalue weighted by Crippen LogP contribution is 2.48. The topological polar surface area (TPSA) is 21.3 Å². The van der Waals surface area contributed by atoms with Crippen molar-refractivity contribution >= 4 is 71.6 Å². The van der Waals surface area contributed by atoms with Gasteiger partial charge in [0.2, 0.25) is 0 Å². The van der Waals surface area contributed by atoms with Crippen LogP contribution in [0.4, 0.5) is 17.1 Å². The van der Waals surface area contributed by atoms with Crippen molar-refractivity contribution in [3.63, 3.8) is 0 Å². The zero-order valence-corrected chi connectivity index (χ0v) is 33.2. The molecule has 61 heavy (non-hydrogen) atoms. The predicted octanol–water partition coefficient (Wildman–Crippen LogP) is 16.3. The molecule has 0 radical (unpaired) electrons. The van der Waals surface area contributed by atoms with E-state index in [1.807, 2.05) is 0 Å². The molecule has 2 heterocycles. The number of fused-ring (bicyclic) bond motifs is 8. The van der Waals surface area contributed by atoms with Crippen LogP contribution in [0.3, 0.4) is 0 Å². The van der Waals surface area contributed by atoms with Crippen LogP contribution in [0.2, 0.25) is 0 Å². The molecule has 10 aromatic carbocycles. The summed E-state index contributed by atoms with van der Waals surface area (Å²) < 4.78 is 9.64. The van der Waals surface area contributed by atoms with E-state index in [9.17, 15) is 0 Å². The summed E-state index contributed by atoms with van der Waals surface area (Å²) in [6.07, 6.45) is 0. The van der Waals surface area contributed by atoms with E-state index in [1.165, 1.54) is 43.9 Å². The van der Waals surface area contributed by atoms with Gasteiger partial charge in [-0.3, -0.25) is 0 Å². The highest BCUT2D eigenvalue weighted by Gasteiger charge is 2.24.